The van der Waals surface area contributed by atoms with Gasteiger partial charge in [0.05, 0.1) is 0 Å². The molecular weight excluding hydrogens is 321 g/mol. The van der Waals surface area contributed by atoms with Crippen LogP contribution >= 0.6 is 15.9 Å². The standard InChI is InChI=1S/C15H19BrFN3/c1-3-18-14(6-7-15-19-8-9-20(15)2)12-10-11(16)4-5-13(12)17/h4-5,8-10,14,18H,3,6-7H2,1-2H3. The largest absolute Gasteiger partial charge is 0.338 e. The fourth-order valence-electron chi connectivity index (χ4n) is 2.31. The molecule has 0 saturated heterocycles. The van der Waals surface area contributed by atoms with Gasteiger partial charge in [0.25, 0.3) is 0 Å². The Kier molecular flexibility index (Phi) is 5.31. The number of hydrogen-bond acceptors (Lipinski definition) is 2. The number of aromatic nitrogens is 2. The van der Waals surface area contributed by atoms with E-state index in [0.717, 1.165) is 29.7 Å². The van der Waals surface area contributed by atoms with E-state index >= 15 is 0 Å². The van der Waals surface area contributed by atoms with Crippen molar-refractivity contribution in [3.63, 3.8) is 0 Å². The van der Waals surface area contributed by atoms with Crippen molar-refractivity contribution in [3.8, 4) is 0 Å². The molecular formula is C15H19BrFN3. The van der Waals surface area contributed by atoms with Crippen molar-refractivity contribution in [1.29, 1.82) is 0 Å². The molecule has 3 nitrogen and oxygen atoms in total. The molecule has 20 heavy (non-hydrogen) atoms. The lowest BCUT2D eigenvalue weighted by atomic mass is 10.0. The van der Waals surface area contributed by atoms with Gasteiger partial charge in [0.1, 0.15) is 11.6 Å². The van der Waals surface area contributed by atoms with Gasteiger partial charge in [-0.25, -0.2) is 9.37 Å². The first-order chi connectivity index (χ1) is 9.61. The molecule has 1 N–H and O–H groups in total. The Morgan fingerprint density at radius 1 is 1.45 bits per heavy atom. The summed E-state index contributed by atoms with van der Waals surface area (Å²) in [5.74, 6) is 0.849. The first-order valence-electron chi connectivity index (χ1n) is 6.76. The predicted octanol–water partition coefficient (Wildman–Crippen LogP) is 3.61. The predicted molar refractivity (Wildman–Crippen MR) is 82.0 cm³/mol. The third-order valence-corrected chi connectivity index (χ3v) is 3.85. The van der Waals surface area contributed by atoms with Crippen LogP contribution in [0.5, 0.6) is 0 Å². The topological polar surface area (TPSA) is 29.9 Å². The van der Waals surface area contributed by atoms with Crippen LogP contribution in [0.4, 0.5) is 4.39 Å². The van der Waals surface area contributed by atoms with Gasteiger partial charge < -0.3 is 9.88 Å². The molecule has 1 heterocycles. The van der Waals surface area contributed by atoms with Crippen LogP contribution in [0, 0.1) is 5.82 Å². The van der Waals surface area contributed by atoms with Crippen LogP contribution < -0.4 is 5.32 Å². The molecule has 1 unspecified atom stereocenters. The highest BCUT2D eigenvalue weighted by atomic mass is 79.9. The van der Waals surface area contributed by atoms with Crippen molar-refractivity contribution >= 4 is 15.9 Å². The monoisotopic (exact) mass is 339 g/mol. The van der Waals surface area contributed by atoms with Gasteiger partial charge in [0.15, 0.2) is 0 Å². The van der Waals surface area contributed by atoms with E-state index in [1.165, 1.54) is 6.07 Å². The van der Waals surface area contributed by atoms with Crippen molar-refractivity contribution in [2.75, 3.05) is 6.54 Å². The van der Waals surface area contributed by atoms with Gasteiger partial charge in [0, 0.05) is 41.9 Å². The maximum absolute atomic E-state index is 14.0. The van der Waals surface area contributed by atoms with Gasteiger partial charge in [-0.1, -0.05) is 22.9 Å². The van der Waals surface area contributed by atoms with Gasteiger partial charge >= 0.3 is 0 Å². The summed E-state index contributed by atoms with van der Waals surface area (Å²) in [4.78, 5) is 4.31. The van der Waals surface area contributed by atoms with Gasteiger partial charge in [-0.05, 0) is 31.2 Å². The van der Waals surface area contributed by atoms with Gasteiger partial charge in [0.2, 0.25) is 0 Å². The van der Waals surface area contributed by atoms with Crippen molar-refractivity contribution in [2.45, 2.75) is 25.8 Å². The first-order valence-corrected chi connectivity index (χ1v) is 7.55. The SMILES string of the molecule is CCNC(CCc1nccn1C)c1cc(Br)ccc1F. The number of hydrogen-bond donors (Lipinski definition) is 1. The van der Waals surface area contributed by atoms with E-state index in [1.807, 2.05) is 30.8 Å². The van der Waals surface area contributed by atoms with Crippen molar-refractivity contribution < 1.29 is 4.39 Å². The van der Waals surface area contributed by atoms with Crippen LogP contribution in [0.25, 0.3) is 0 Å². The molecule has 2 rings (SSSR count). The molecule has 1 atom stereocenters. The Hall–Kier alpha value is -1.20. The van der Waals surface area contributed by atoms with E-state index in [2.05, 4.69) is 26.2 Å². The highest BCUT2D eigenvalue weighted by molar-refractivity contribution is 9.10. The zero-order valence-corrected chi connectivity index (χ0v) is 13.3. The fraction of sp³-hybridized carbons (Fsp3) is 0.400. The van der Waals surface area contributed by atoms with E-state index in [9.17, 15) is 4.39 Å². The average molecular weight is 340 g/mol. The lowest BCUT2D eigenvalue weighted by Crippen LogP contribution is -2.23. The van der Waals surface area contributed by atoms with Crippen LogP contribution in [-0.2, 0) is 13.5 Å². The molecule has 0 aliphatic carbocycles. The van der Waals surface area contributed by atoms with E-state index in [1.54, 1.807) is 12.3 Å². The summed E-state index contributed by atoms with van der Waals surface area (Å²) in [5, 5.41) is 3.35. The summed E-state index contributed by atoms with van der Waals surface area (Å²) >= 11 is 3.41. The van der Waals surface area contributed by atoms with E-state index in [4.69, 9.17) is 0 Å². The first kappa shape index (κ1) is 15.2. The Labute approximate surface area is 127 Å². The summed E-state index contributed by atoms with van der Waals surface area (Å²) in [7, 11) is 1.98. The van der Waals surface area contributed by atoms with E-state index < -0.39 is 0 Å². The Morgan fingerprint density at radius 3 is 2.90 bits per heavy atom. The summed E-state index contributed by atoms with van der Waals surface area (Å²) in [6.45, 7) is 2.83. The molecule has 2 aromatic rings. The van der Waals surface area contributed by atoms with Crippen LogP contribution in [0.15, 0.2) is 35.1 Å². The summed E-state index contributed by atoms with van der Waals surface area (Å²) < 4.78 is 16.9. The number of halogens is 2. The molecule has 0 saturated carbocycles. The molecule has 0 aliphatic rings. The lowest BCUT2D eigenvalue weighted by Gasteiger charge is -2.19. The summed E-state index contributed by atoms with van der Waals surface area (Å²) in [6, 6.07) is 5.07. The molecule has 1 aromatic carbocycles. The Bertz CT molecular complexity index is 568. The molecule has 5 heteroatoms. The smallest absolute Gasteiger partial charge is 0.128 e. The number of imidazole rings is 1. The molecule has 1 aromatic heterocycles. The van der Waals surface area contributed by atoms with Crippen molar-refractivity contribution in [3.05, 3.63) is 52.3 Å². The number of aryl methyl sites for hydroxylation is 2. The minimum atomic E-state index is -0.168. The number of nitrogens with one attached hydrogen (secondary N) is 1. The molecule has 0 aliphatic heterocycles. The number of benzene rings is 1. The summed E-state index contributed by atoms with van der Waals surface area (Å²) in [5.41, 5.74) is 0.704. The van der Waals surface area contributed by atoms with Crippen molar-refractivity contribution in [2.24, 2.45) is 7.05 Å². The third kappa shape index (κ3) is 3.67. The second kappa shape index (κ2) is 6.99. The van der Waals surface area contributed by atoms with Crippen molar-refractivity contribution in [1.82, 2.24) is 14.9 Å². The maximum atomic E-state index is 14.0. The number of rotatable bonds is 6. The van der Waals surface area contributed by atoms with Gasteiger partial charge in [-0.2, -0.15) is 0 Å². The van der Waals surface area contributed by atoms with Gasteiger partial charge in [-0.3, -0.25) is 0 Å². The zero-order valence-electron chi connectivity index (χ0n) is 11.7. The minimum absolute atomic E-state index is 0.00537. The number of nitrogens with zero attached hydrogens (tertiary/aromatic N) is 2. The average Bonchev–Trinajstić information content (AvgIpc) is 2.83. The van der Waals surface area contributed by atoms with Crippen LogP contribution in [0.2, 0.25) is 0 Å². The van der Waals surface area contributed by atoms with E-state index in [-0.39, 0.29) is 11.9 Å². The van der Waals surface area contributed by atoms with Crippen LogP contribution in [-0.4, -0.2) is 16.1 Å². The quantitative estimate of drug-likeness (QED) is 0.871. The molecule has 108 valence electrons. The molecule has 0 amide bonds. The maximum Gasteiger partial charge on any atom is 0.128 e. The highest BCUT2D eigenvalue weighted by Gasteiger charge is 2.16. The second-order valence-corrected chi connectivity index (χ2v) is 5.68. The van der Waals surface area contributed by atoms with Crippen LogP contribution in [0.1, 0.15) is 30.8 Å². The minimum Gasteiger partial charge on any atom is -0.338 e. The summed E-state index contributed by atoms with van der Waals surface area (Å²) in [6.07, 6.45) is 5.34. The third-order valence-electron chi connectivity index (χ3n) is 3.36. The normalized spacial score (nSPS) is 12.6. The van der Waals surface area contributed by atoms with E-state index in [0.29, 0.717) is 5.56 Å². The second-order valence-electron chi connectivity index (χ2n) is 4.77. The lowest BCUT2D eigenvalue weighted by molar-refractivity contribution is 0.478. The fourth-order valence-corrected chi connectivity index (χ4v) is 2.69. The highest BCUT2D eigenvalue weighted by Crippen LogP contribution is 2.25. The molecule has 0 radical (unpaired) electrons. The Balaban J connectivity index is 2.14. The molecule has 0 bridgehead atoms. The van der Waals surface area contributed by atoms with Gasteiger partial charge in [-0.15, -0.1) is 0 Å². The zero-order chi connectivity index (χ0) is 14.5. The molecule has 0 fully saturated rings. The van der Waals surface area contributed by atoms with Crippen LogP contribution in [0.3, 0.4) is 0 Å². The Morgan fingerprint density at radius 2 is 2.25 bits per heavy atom. The molecule has 0 spiro atoms.